The molecule has 2 nitrogen and oxygen atoms in total. The van der Waals surface area contributed by atoms with Crippen molar-refractivity contribution in [1.82, 2.24) is 4.90 Å². The van der Waals surface area contributed by atoms with E-state index in [9.17, 15) is 0 Å². The number of hydrogen-bond donors (Lipinski definition) is 1. The molecule has 2 N–H and O–H groups in total. The van der Waals surface area contributed by atoms with Gasteiger partial charge < -0.3 is 5.73 Å². The second kappa shape index (κ2) is 4.19. The van der Waals surface area contributed by atoms with Crippen molar-refractivity contribution in [1.29, 1.82) is 0 Å². The lowest BCUT2D eigenvalue weighted by Gasteiger charge is -2.29. The Labute approximate surface area is 87.8 Å². The summed E-state index contributed by atoms with van der Waals surface area (Å²) < 4.78 is 0. The first kappa shape index (κ1) is 10.4. The molecule has 2 unspecified atom stereocenters. The number of nitrogens with two attached hydrogens (primary N) is 1. The molecule has 2 aliphatic rings. The summed E-state index contributed by atoms with van der Waals surface area (Å²) in [6.45, 7) is 6.86. The minimum absolute atomic E-state index is 0.776. The summed E-state index contributed by atoms with van der Waals surface area (Å²) in [5, 5.41) is 0. The molecule has 0 spiro atoms. The van der Waals surface area contributed by atoms with Crippen LogP contribution in [0.25, 0.3) is 0 Å². The molecule has 0 aromatic heterocycles. The molecule has 1 saturated heterocycles. The number of rotatable bonds is 4. The van der Waals surface area contributed by atoms with Crippen LogP contribution < -0.4 is 5.73 Å². The maximum atomic E-state index is 5.86. The van der Waals surface area contributed by atoms with Crippen molar-refractivity contribution in [2.75, 3.05) is 13.1 Å². The zero-order valence-electron chi connectivity index (χ0n) is 9.58. The molecule has 1 saturated carbocycles. The van der Waals surface area contributed by atoms with Gasteiger partial charge in [-0.2, -0.15) is 0 Å². The van der Waals surface area contributed by atoms with Crippen LogP contribution in [0.2, 0.25) is 0 Å². The molecule has 1 aliphatic heterocycles. The third-order valence-electron chi connectivity index (χ3n) is 3.76. The predicted molar refractivity (Wildman–Crippen MR) is 60.1 cm³/mol. The van der Waals surface area contributed by atoms with E-state index in [1.165, 1.54) is 32.2 Å². The van der Waals surface area contributed by atoms with E-state index in [1.54, 1.807) is 0 Å². The zero-order chi connectivity index (χ0) is 10.1. The van der Waals surface area contributed by atoms with Crippen LogP contribution in [0.5, 0.6) is 0 Å². The first-order valence-corrected chi connectivity index (χ1v) is 6.18. The number of hydrogen-bond acceptors (Lipinski definition) is 2. The average Bonchev–Trinajstić information content (AvgIpc) is 2.89. The monoisotopic (exact) mass is 196 g/mol. The van der Waals surface area contributed by atoms with Crippen molar-refractivity contribution in [3.8, 4) is 0 Å². The lowest BCUT2D eigenvalue weighted by atomic mass is 9.92. The Kier molecular flexibility index (Phi) is 3.13. The van der Waals surface area contributed by atoms with E-state index in [2.05, 4.69) is 18.7 Å². The van der Waals surface area contributed by atoms with Gasteiger partial charge in [-0.1, -0.05) is 13.8 Å². The largest absolute Gasteiger partial charge is 0.330 e. The van der Waals surface area contributed by atoms with E-state index in [0.717, 1.165) is 30.5 Å². The van der Waals surface area contributed by atoms with Crippen molar-refractivity contribution in [3.63, 3.8) is 0 Å². The molecule has 2 fully saturated rings. The molecule has 0 aromatic carbocycles. The van der Waals surface area contributed by atoms with Crippen molar-refractivity contribution in [2.24, 2.45) is 17.6 Å². The lowest BCUT2D eigenvalue weighted by Crippen LogP contribution is -2.37. The van der Waals surface area contributed by atoms with Gasteiger partial charge in [0, 0.05) is 12.1 Å². The second-order valence-electron chi connectivity index (χ2n) is 5.45. The molecule has 14 heavy (non-hydrogen) atoms. The van der Waals surface area contributed by atoms with Crippen LogP contribution in [0.15, 0.2) is 0 Å². The van der Waals surface area contributed by atoms with Crippen molar-refractivity contribution in [3.05, 3.63) is 0 Å². The predicted octanol–water partition coefficient (Wildman–Crippen LogP) is 1.84. The zero-order valence-corrected chi connectivity index (χ0v) is 9.58. The summed E-state index contributed by atoms with van der Waals surface area (Å²) in [5.74, 6) is 1.59. The molecule has 2 heteroatoms. The summed E-state index contributed by atoms with van der Waals surface area (Å²) >= 11 is 0. The Morgan fingerprint density at radius 3 is 2.50 bits per heavy atom. The molecule has 2 atom stereocenters. The average molecular weight is 196 g/mol. The summed E-state index contributed by atoms with van der Waals surface area (Å²) in [6.07, 6.45) is 5.56. The third-order valence-corrected chi connectivity index (χ3v) is 3.76. The van der Waals surface area contributed by atoms with Crippen LogP contribution in [-0.2, 0) is 0 Å². The van der Waals surface area contributed by atoms with Crippen LogP contribution in [0.4, 0.5) is 0 Å². The van der Waals surface area contributed by atoms with E-state index < -0.39 is 0 Å². The molecule has 82 valence electrons. The number of nitrogens with zero attached hydrogens (tertiary/aromatic N) is 1. The summed E-state index contributed by atoms with van der Waals surface area (Å²) in [6, 6.07) is 1.72. The van der Waals surface area contributed by atoms with E-state index in [1.807, 2.05) is 0 Å². The van der Waals surface area contributed by atoms with Gasteiger partial charge in [-0.25, -0.2) is 0 Å². The van der Waals surface area contributed by atoms with Crippen LogP contribution in [-0.4, -0.2) is 30.1 Å². The van der Waals surface area contributed by atoms with Crippen molar-refractivity contribution in [2.45, 2.75) is 51.6 Å². The lowest BCUT2D eigenvalue weighted by molar-refractivity contribution is 0.190. The van der Waals surface area contributed by atoms with Gasteiger partial charge in [-0.15, -0.1) is 0 Å². The Hall–Kier alpha value is -0.0800. The SMILES string of the molecule is CC(C)CC1C(CN)CCN1C1CC1. The Morgan fingerprint density at radius 2 is 2.00 bits per heavy atom. The second-order valence-corrected chi connectivity index (χ2v) is 5.45. The van der Waals surface area contributed by atoms with Gasteiger partial charge in [0.25, 0.3) is 0 Å². The minimum atomic E-state index is 0.776. The fraction of sp³-hybridized carbons (Fsp3) is 1.00. The molecule has 0 bridgehead atoms. The standard InChI is InChI=1S/C12H24N2/c1-9(2)7-12-10(8-13)5-6-14(12)11-3-4-11/h9-12H,3-8,13H2,1-2H3. The highest BCUT2D eigenvalue weighted by molar-refractivity contribution is 4.96. The van der Waals surface area contributed by atoms with Crippen molar-refractivity contribution < 1.29 is 0 Å². The highest BCUT2D eigenvalue weighted by Crippen LogP contribution is 2.37. The van der Waals surface area contributed by atoms with Crippen LogP contribution >= 0.6 is 0 Å². The Bertz CT molecular complexity index is 187. The van der Waals surface area contributed by atoms with E-state index in [-0.39, 0.29) is 0 Å². The fourth-order valence-corrected chi connectivity index (χ4v) is 2.89. The highest BCUT2D eigenvalue weighted by atomic mass is 15.2. The first-order valence-electron chi connectivity index (χ1n) is 6.18. The summed E-state index contributed by atoms with van der Waals surface area (Å²) in [4.78, 5) is 2.75. The maximum absolute atomic E-state index is 5.86. The van der Waals surface area contributed by atoms with Gasteiger partial charge in [0.05, 0.1) is 0 Å². The topological polar surface area (TPSA) is 29.3 Å². The highest BCUT2D eigenvalue weighted by Gasteiger charge is 2.41. The third kappa shape index (κ3) is 2.12. The fourth-order valence-electron chi connectivity index (χ4n) is 2.89. The molecule has 1 aliphatic carbocycles. The minimum Gasteiger partial charge on any atom is -0.330 e. The maximum Gasteiger partial charge on any atom is 0.0141 e. The van der Waals surface area contributed by atoms with E-state index >= 15 is 0 Å². The van der Waals surface area contributed by atoms with Gasteiger partial charge >= 0.3 is 0 Å². The molecule has 2 rings (SSSR count). The quantitative estimate of drug-likeness (QED) is 0.743. The molecule has 1 heterocycles. The van der Waals surface area contributed by atoms with Crippen LogP contribution in [0.1, 0.15) is 39.5 Å². The Morgan fingerprint density at radius 1 is 1.29 bits per heavy atom. The Balaban J connectivity index is 1.96. The van der Waals surface area contributed by atoms with Gasteiger partial charge in [0.2, 0.25) is 0 Å². The van der Waals surface area contributed by atoms with Gasteiger partial charge in [0.15, 0.2) is 0 Å². The molecular formula is C12H24N2. The van der Waals surface area contributed by atoms with E-state index in [4.69, 9.17) is 5.73 Å². The van der Waals surface area contributed by atoms with E-state index in [0.29, 0.717) is 0 Å². The van der Waals surface area contributed by atoms with Gasteiger partial charge in [0.1, 0.15) is 0 Å². The summed E-state index contributed by atoms with van der Waals surface area (Å²) in [5.41, 5.74) is 5.86. The van der Waals surface area contributed by atoms with Crippen LogP contribution in [0, 0.1) is 11.8 Å². The normalized spacial score (nSPS) is 34.3. The molecular weight excluding hydrogens is 172 g/mol. The summed E-state index contributed by atoms with van der Waals surface area (Å²) in [7, 11) is 0. The molecule has 0 aromatic rings. The van der Waals surface area contributed by atoms with Crippen molar-refractivity contribution >= 4 is 0 Å². The molecule has 0 amide bonds. The van der Waals surface area contributed by atoms with Gasteiger partial charge in [-0.3, -0.25) is 4.90 Å². The van der Waals surface area contributed by atoms with Crippen LogP contribution in [0.3, 0.4) is 0 Å². The number of likely N-dealkylation sites (tertiary alicyclic amines) is 1. The smallest absolute Gasteiger partial charge is 0.0141 e. The first-order chi connectivity index (χ1) is 6.72. The van der Waals surface area contributed by atoms with Gasteiger partial charge in [-0.05, 0) is 50.6 Å². The molecule has 0 radical (unpaired) electrons.